The Morgan fingerprint density at radius 2 is 0.880 bits per heavy atom. The summed E-state index contributed by atoms with van der Waals surface area (Å²) in [4.78, 5) is 4.80. The molecule has 0 saturated heterocycles. The largest absolute Gasteiger partial charge is 0.455 e. The number of benzene rings is 12. The second-order valence-corrected chi connectivity index (χ2v) is 20.4. The Morgan fingerprint density at radius 1 is 0.320 bits per heavy atom. The average molecular weight is 976 g/mol. The predicted molar refractivity (Wildman–Crippen MR) is 319 cm³/mol. The molecule has 3 heterocycles. The van der Waals surface area contributed by atoms with Gasteiger partial charge in [0.05, 0.1) is 22.1 Å². The first-order chi connectivity index (χ1) is 37.2. The Hall–Kier alpha value is -9.68. The van der Waals surface area contributed by atoms with Crippen molar-refractivity contribution in [1.82, 2.24) is 4.57 Å². The van der Waals surface area contributed by atoms with Gasteiger partial charge in [-0.1, -0.05) is 164 Å². The van der Waals surface area contributed by atoms with E-state index in [9.17, 15) is 0 Å². The maximum Gasteiger partial charge on any atom is 0.145 e. The fourth-order valence-corrected chi connectivity index (χ4v) is 12.5. The van der Waals surface area contributed by atoms with Gasteiger partial charge in [-0.3, -0.25) is 0 Å². The molecule has 0 saturated carbocycles. The second kappa shape index (κ2) is 17.5. The lowest BCUT2D eigenvalue weighted by Crippen LogP contribution is -2.13. The molecule has 0 fully saturated rings. The van der Waals surface area contributed by atoms with E-state index in [1.807, 2.05) is 11.3 Å². The minimum Gasteiger partial charge on any atom is -0.455 e. The summed E-state index contributed by atoms with van der Waals surface area (Å²) in [5.74, 6) is 0. The van der Waals surface area contributed by atoms with Crippen molar-refractivity contribution < 1.29 is 4.42 Å². The quantitative estimate of drug-likeness (QED) is 0.144. The molecule has 0 unspecified atom stereocenters. The molecule has 0 aliphatic carbocycles. The molecule has 3 aromatic heterocycles. The first-order valence-corrected chi connectivity index (χ1v) is 26.3. The van der Waals surface area contributed by atoms with Crippen LogP contribution >= 0.6 is 11.3 Å². The van der Waals surface area contributed by atoms with Crippen LogP contribution in [0.25, 0.3) is 103 Å². The standard InChI is InChI=1S/C70H45N3OS/c1-4-17-46(18-5-1)47-31-35-53(36-32-47)72(65-42-50-19-10-11-26-57(50)70-69(65)61-38-33-49(43-66(61)74-70)48-34-40-68-62(41-48)60-28-13-15-30-67(60)75-68)55-25-16-24-54(44-55)71(51-20-6-2-7-21-51)56-37-39-59-58-27-12-14-29-63(58)73(64(59)45-56)52-22-8-3-9-23-52/h1-45H. The van der Waals surface area contributed by atoms with E-state index in [2.05, 4.69) is 287 Å². The lowest BCUT2D eigenvalue weighted by molar-refractivity contribution is 0.673. The van der Waals surface area contributed by atoms with Gasteiger partial charge in [0.25, 0.3) is 0 Å². The van der Waals surface area contributed by atoms with E-state index >= 15 is 0 Å². The van der Waals surface area contributed by atoms with Crippen LogP contribution in [-0.4, -0.2) is 4.57 Å². The summed E-state index contributed by atoms with van der Waals surface area (Å²) in [6, 6.07) is 98.9. The number of rotatable bonds is 9. The van der Waals surface area contributed by atoms with Crippen molar-refractivity contribution in [2.24, 2.45) is 0 Å². The van der Waals surface area contributed by atoms with E-state index in [0.29, 0.717) is 0 Å². The lowest BCUT2D eigenvalue weighted by atomic mass is 9.99. The van der Waals surface area contributed by atoms with Crippen LogP contribution in [0.5, 0.6) is 0 Å². The molecule has 15 aromatic rings. The zero-order valence-corrected chi connectivity index (χ0v) is 41.5. The molecule has 0 aliphatic rings. The number of thiophene rings is 1. The number of para-hydroxylation sites is 3. The van der Waals surface area contributed by atoms with Crippen molar-refractivity contribution in [2.75, 3.05) is 9.80 Å². The van der Waals surface area contributed by atoms with Crippen LogP contribution < -0.4 is 9.80 Å². The fraction of sp³-hybridized carbons (Fsp3) is 0. The summed E-state index contributed by atoms with van der Waals surface area (Å²) in [5.41, 5.74) is 16.0. The monoisotopic (exact) mass is 975 g/mol. The Labute approximate surface area is 437 Å². The van der Waals surface area contributed by atoms with Gasteiger partial charge in [-0.25, -0.2) is 0 Å². The zero-order chi connectivity index (χ0) is 49.4. The van der Waals surface area contributed by atoms with Gasteiger partial charge < -0.3 is 18.8 Å². The van der Waals surface area contributed by atoms with E-state index in [0.717, 1.165) is 89.2 Å². The number of fused-ring (bicyclic) bond motifs is 11. The van der Waals surface area contributed by atoms with Crippen molar-refractivity contribution in [3.63, 3.8) is 0 Å². The van der Waals surface area contributed by atoms with Crippen LogP contribution in [0.3, 0.4) is 0 Å². The summed E-state index contributed by atoms with van der Waals surface area (Å²) < 4.78 is 12.1. The minimum atomic E-state index is 0.849. The van der Waals surface area contributed by atoms with Gasteiger partial charge in [-0.2, -0.15) is 0 Å². The molecule has 75 heavy (non-hydrogen) atoms. The Morgan fingerprint density at radius 3 is 1.71 bits per heavy atom. The van der Waals surface area contributed by atoms with Gasteiger partial charge in [0.1, 0.15) is 11.2 Å². The maximum absolute atomic E-state index is 7.15. The van der Waals surface area contributed by atoms with Gasteiger partial charge in [-0.15, -0.1) is 11.3 Å². The Balaban J connectivity index is 0.936. The number of hydrogen-bond donors (Lipinski definition) is 0. The van der Waals surface area contributed by atoms with Gasteiger partial charge in [-0.05, 0) is 137 Å². The lowest BCUT2D eigenvalue weighted by Gasteiger charge is -2.30. The Kier molecular flexibility index (Phi) is 10.0. The first-order valence-electron chi connectivity index (χ1n) is 25.5. The van der Waals surface area contributed by atoms with Crippen LogP contribution in [0, 0.1) is 0 Å². The van der Waals surface area contributed by atoms with Crippen LogP contribution in [0.15, 0.2) is 277 Å². The normalized spacial score (nSPS) is 11.7. The van der Waals surface area contributed by atoms with Crippen LogP contribution in [0.1, 0.15) is 0 Å². The summed E-state index contributed by atoms with van der Waals surface area (Å²) in [5, 5.41) is 9.31. The van der Waals surface area contributed by atoms with E-state index in [4.69, 9.17) is 4.42 Å². The highest BCUT2D eigenvalue weighted by atomic mass is 32.1. The van der Waals surface area contributed by atoms with Gasteiger partial charge in [0.15, 0.2) is 0 Å². The molecule has 0 bridgehead atoms. The SMILES string of the molecule is c1ccc(-c2ccc(N(c3cccc(N(c4ccccc4)c4ccc5c6ccccc6n(-c6ccccc6)c5c4)c3)c3cc4ccccc4c4oc5cc(-c6ccc7sc8ccccc8c7c6)ccc5c34)cc2)cc1. The molecule has 352 valence electrons. The van der Waals surface area contributed by atoms with Crippen LogP contribution in [-0.2, 0) is 0 Å². The number of anilines is 6. The highest BCUT2D eigenvalue weighted by molar-refractivity contribution is 7.25. The van der Waals surface area contributed by atoms with E-state index in [1.165, 1.54) is 47.6 Å². The molecule has 0 N–H and O–H groups in total. The molecular weight excluding hydrogens is 931 g/mol. The number of nitrogens with zero attached hydrogens (tertiary/aromatic N) is 3. The van der Waals surface area contributed by atoms with Crippen molar-refractivity contribution >= 4 is 120 Å². The summed E-state index contributed by atoms with van der Waals surface area (Å²) in [7, 11) is 0. The van der Waals surface area contributed by atoms with Crippen LogP contribution in [0.4, 0.5) is 34.1 Å². The number of aromatic nitrogens is 1. The molecule has 4 nitrogen and oxygen atoms in total. The molecule has 0 atom stereocenters. The van der Waals surface area contributed by atoms with Crippen molar-refractivity contribution in [3.05, 3.63) is 273 Å². The summed E-state index contributed by atoms with van der Waals surface area (Å²) in [6.45, 7) is 0. The molecule has 0 radical (unpaired) electrons. The van der Waals surface area contributed by atoms with Gasteiger partial charge in [0, 0.05) is 75.8 Å². The second-order valence-electron chi connectivity index (χ2n) is 19.3. The maximum atomic E-state index is 7.15. The molecule has 0 spiro atoms. The van der Waals surface area contributed by atoms with Gasteiger partial charge in [0.2, 0.25) is 0 Å². The summed E-state index contributed by atoms with van der Waals surface area (Å²) in [6.07, 6.45) is 0. The zero-order valence-electron chi connectivity index (χ0n) is 40.6. The highest BCUT2D eigenvalue weighted by Crippen LogP contribution is 2.49. The molecule has 12 aromatic carbocycles. The number of hydrogen-bond acceptors (Lipinski definition) is 4. The molecule has 15 rings (SSSR count). The van der Waals surface area contributed by atoms with Crippen molar-refractivity contribution in [3.8, 4) is 27.9 Å². The summed E-state index contributed by atoms with van der Waals surface area (Å²) >= 11 is 1.85. The number of furan rings is 1. The highest BCUT2D eigenvalue weighted by Gasteiger charge is 2.25. The molecular formula is C70H45N3OS. The third-order valence-corrected chi connectivity index (χ3v) is 16.1. The third kappa shape index (κ3) is 7.20. The molecule has 5 heteroatoms. The van der Waals surface area contributed by atoms with E-state index < -0.39 is 0 Å². The predicted octanol–water partition coefficient (Wildman–Crippen LogP) is 20.5. The first kappa shape index (κ1) is 43.0. The fourth-order valence-electron chi connectivity index (χ4n) is 11.5. The smallest absolute Gasteiger partial charge is 0.145 e. The third-order valence-electron chi connectivity index (χ3n) is 14.9. The Bertz CT molecular complexity index is 4650. The molecule has 0 aliphatic heterocycles. The van der Waals surface area contributed by atoms with Crippen LogP contribution in [0.2, 0.25) is 0 Å². The molecule has 0 amide bonds. The minimum absolute atomic E-state index is 0.849. The van der Waals surface area contributed by atoms with E-state index in [1.54, 1.807) is 0 Å². The topological polar surface area (TPSA) is 24.6 Å². The van der Waals surface area contributed by atoms with Crippen molar-refractivity contribution in [1.29, 1.82) is 0 Å². The average Bonchev–Trinajstić information content (AvgIpc) is 4.21. The van der Waals surface area contributed by atoms with E-state index in [-0.39, 0.29) is 0 Å². The van der Waals surface area contributed by atoms with Crippen molar-refractivity contribution in [2.45, 2.75) is 0 Å². The van der Waals surface area contributed by atoms with Gasteiger partial charge >= 0.3 is 0 Å².